The molecule has 1 aromatic carbocycles. The first-order chi connectivity index (χ1) is 10.2. The van der Waals surface area contributed by atoms with Crippen LogP contribution in [-0.4, -0.2) is 45.2 Å². The third-order valence-electron chi connectivity index (χ3n) is 2.76. The molecule has 1 aromatic rings. The highest BCUT2D eigenvalue weighted by molar-refractivity contribution is 5.94. The van der Waals surface area contributed by atoms with Crippen molar-refractivity contribution in [2.24, 2.45) is 0 Å². The van der Waals surface area contributed by atoms with Crippen molar-refractivity contribution in [2.45, 2.75) is 13.3 Å². The van der Waals surface area contributed by atoms with Crippen molar-refractivity contribution in [2.75, 3.05) is 38.7 Å². The number of ether oxygens (including phenoxy) is 1. The molecule has 0 unspecified atom stereocenters. The lowest BCUT2D eigenvalue weighted by Crippen LogP contribution is -2.32. The zero-order chi connectivity index (χ0) is 15.5. The minimum atomic E-state index is -0.100. The smallest absolute Gasteiger partial charge is 0.251 e. The molecule has 0 fully saturated rings. The standard InChI is InChI=1S/C15H23N3O3/c1-3-8-17-15(20)12-4-6-13(7-5-12)18-11-14(19)16-9-10-21-2/h4-7,18H,3,8-11H2,1-2H3,(H,16,19)(H,17,20). The molecule has 116 valence electrons. The van der Waals surface area contributed by atoms with Gasteiger partial charge in [0.15, 0.2) is 0 Å². The van der Waals surface area contributed by atoms with E-state index >= 15 is 0 Å². The van der Waals surface area contributed by atoms with Crippen LogP contribution >= 0.6 is 0 Å². The topological polar surface area (TPSA) is 79.5 Å². The first-order valence-corrected chi connectivity index (χ1v) is 7.05. The Bertz CT molecular complexity index is 446. The number of methoxy groups -OCH3 is 1. The number of rotatable bonds is 9. The molecule has 3 N–H and O–H groups in total. The quantitative estimate of drug-likeness (QED) is 0.594. The average molecular weight is 293 g/mol. The van der Waals surface area contributed by atoms with Gasteiger partial charge in [-0.2, -0.15) is 0 Å². The van der Waals surface area contributed by atoms with Crippen LogP contribution in [0.25, 0.3) is 0 Å². The summed E-state index contributed by atoms with van der Waals surface area (Å²) in [6.45, 7) is 3.84. The maximum atomic E-state index is 11.7. The van der Waals surface area contributed by atoms with Crippen molar-refractivity contribution in [1.82, 2.24) is 10.6 Å². The number of nitrogens with one attached hydrogen (secondary N) is 3. The van der Waals surface area contributed by atoms with Crippen molar-refractivity contribution < 1.29 is 14.3 Å². The Hall–Kier alpha value is -2.08. The monoisotopic (exact) mass is 293 g/mol. The molecule has 21 heavy (non-hydrogen) atoms. The number of carbonyl (C=O) groups excluding carboxylic acids is 2. The fraction of sp³-hybridized carbons (Fsp3) is 0.467. The van der Waals surface area contributed by atoms with E-state index in [0.29, 0.717) is 25.3 Å². The molecule has 0 aromatic heterocycles. The van der Waals surface area contributed by atoms with Gasteiger partial charge in [-0.25, -0.2) is 0 Å². The van der Waals surface area contributed by atoms with Gasteiger partial charge in [-0.15, -0.1) is 0 Å². The summed E-state index contributed by atoms with van der Waals surface area (Å²) in [5.41, 5.74) is 1.41. The van der Waals surface area contributed by atoms with E-state index in [9.17, 15) is 9.59 Å². The van der Waals surface area contributed by atoms with Crippen LogP contribution in [0.1, 0.15) is 23.7 Å². The van der Waals surface area contributed by atoms with Gasteiger partial charge in [0.05, 0.1) is 13.2 Å². The zero-order valence-corrected chi connectivity index (χ0v) is 12.6. The fourth-order valence-corrected chi connectivity index (χ4v) is 1.62. The molecule has 0 aliphatic heterocycles. The van der Waals surface area contributed by atoms with Crippen LogP contribution in [0.15, 0.2) is 24.3 Å². The minimum absolute atomic E-state index is 0.0827. The van der Waals surface area contributed by atoms with Gasteiger partial charge >= 0.3 is 0 Å². The molecule has 0 saturated carbocycles. The maximum absolute atomic E-state index is 11.7. The zero-order valence-electron chi connectivity index (χ0n) is 12.6. The Balaban J connectivity index is 2.37. The van der Waals surface area contributed by atoms with Gasteiger partial charge < -0.3 is 20.7 Å². The highest BCUT2D eigenvalue weighted by Crippen LogP contribution is 2.09. The van der Waals surface area contributed by atoms with Crippen molar-refractivity contribution in [1.29, 1.82) is 0 Å². The third-order valence-corrected chi connectivity index (χ3v) is 2.76. The second-order valence-corrected chi connectivity index (χ2v) is 4.53. The molecule has 0 radical (unpaired) electrons. The number of benzene rings is 1. The summed E-state index contributed by atoms with van der Waals surface area (Å²) in [5, 5.41) is 8.52. The van der Waals surface area contributed by atoms with Gasteiger partial charge in [0.25, 0.3) is 5.91 Å². The van der Waals surface area contributed by atoms with Gasteiger partial charge in [0, 0.05) is 31.5 Å². The highest BCUT2D eigenvalue weighted by atomic mass is 16.5. The molecular weight excluding hydrogens is 270 g/mol. The number of amides is 2. The Morgan fingerprint density at radius 2 is 1.81 bits per heavy atom. The molecule has 2 amide bonds. The molecule has 0 bridgehead atoms. The lowest BCUT2D eigenvalue weighted by Gasteiger charge is -2.08. The molecule has 6 nitrogen and oxygen atoms in total. The van der Waals surface area contributed by atoms with Crippen molar-refractivity contribution >= 4 is 17.5 Å². The largest absolute Gasteiger partial charge is 0.383 e. The second-order valence-electron chi connectivity index (χ2n) is 4.53. The minimum Gasteiger partial charge on any atom is -0.383 e. The number of carbonyl (C=O) groups is 2. The molecular formula is C15H23N3O3. The Kier molecular flexibility index (Phi) is 7.89. The SMILES string of the molecule is CCCNC(=O)c1ccc(NCC(=O)NCCOC)cc1. The molecule has 0 spiro atoms. The Morgan fingerprint density at radius 1 is 1.10 bits per heavy atom. The predicted molar refractivity (Wildman–Crippen MR) is 82.4 cm³/mol. The first-order valence-electron chi connectivity index (χ1n) is 7.05. The lowest BCUT2D eigenvalue weighted by atomic mass is 10.2. The molecule has 6 heteroatoms. The first kappa shape index (κ1) is 17.0. The van der Waals surface area contributed by atoms with Gasteiger partial charge in [-0.05, 0) is 30.7 Å². The Morgan fingerprint density at radius 3 is 2.43 bits per heavy atom. The maximum Gasteiger partial charge on any atom is 0.251 e. The number of hydrogen-bond donors (Lipinski definition) is 3. The predicted octanol–water partition coefficient (Wildman–Crippen LogP) is 1.00. The van der Waals surface area contributed by atoms with E-state index in [1.54, 1.807) is 31.4 Å². The van der Waals surface area contributed by atoms with Gasteiger partial charge in [-0.1, -0.05) is 6.92 Å². The molecule has 0 heterocycles. The van der Waals surface area contributed by atoms with E-state index in [1.165, 1.54) is 0 Å². The third kappa shape index (κ3) is 6.76. The van der Waals surface area contributed by atoms with Gasteiger partial charge in [0.1, 0.15) is 0 Å². The summed E-state index contributed by atoms with van der Waals surface area (Å²) >= 11 is 0. The summed E-state index contributed by atoms with van der Waals surface area (Å²) < 4.78 is 4.85. The van der Waals surface area contributed by atoms with E-state index in [0.717, 1.165) is 12.1 Å². The molecule has 1 rings (SSSR count). The summed E-state index contributed by atoms with van der Waals surface area (Å²) in [6, 6.07) is 7.03. The van der Waals surface area contributed by atoms with E-state index in [4.69, 9.17) is 4.74 Å². The normalized spacial score (nSPS) is 10.0. The second kappa shape index (κ2) is 9.77. The summed E-state index contributed by atoms with van der Waals surface area (Å²) in [5.74, 6) is -0.183. The number of hydrogen-bond acceptors (Lipinski definition) is 4. The molecule has 0 saturated heterocycles. The Labute approximate surface area is 125 Å². The van der Waals surface area contributed by atoms with Crippen molar-refractivity contribution in [3.63, 3.8) is 0 Å². The summed E-state index contributed by atoms with van der Waals surface area (Å²) in [6.07, 6.45) is 0.906. The van der Waals surface area contributed by atoms with Crippen LogP contribution in [0.2, 0.25) is 0 Å². The van der Waals surface area contributed by atoms with E-state index in [1.807, 2.05) is 6.92 Å². The average Bonchev–Trinajstić information content (AvgIpc) is 2.51. The summed E-state index contributed by atoms with van der Waals surface area (Å²) in [4.78, 5) is 23.2. The van der Waals surface area contributed by atoms with Crippen molar-refractivity contribution in [3.8, 4) is 0 Å². The van der Waals surface area contributed by atoms with Crippen LogP contribution in [0.5, 0.6) is 0 Å². The van der Waals surface area contributed by atoms with E-state index in [2.05, 4.69) is 16.0 Å². The van der Waals surface area contributed by atoms with Crippen LogP contribution in [0, 0.1) is 0 Å². The van der Waals surface area contributed by atoms with Crippen LogP contribution in [-0.2, 0) is 9.53 Å². The molecule has 0 aliphatic carbocycles. The van der Waals surface area contributed by atoms with Crippen LogP contribution in [0.3, 0.4) is 0 Å². The molecule has 0 atom stereocenters. The lowest BCUT2D eigenvalue weighted by molar-refractivity contribution is -0.119. The van der Waals surface area contributed by atoms with Crippen LogP contribution in [0.4, 0.5) is 5.69 Å². The van der Waals surface area contributed by atoms with Gasteiger partial charge in [0.2, 0.25) is 5.91 Å². The highest BCUT2D eigenvalue weighted by Gasteiger charge is 2.04. The molecule has 0 aliphatic rings. The van der Waals surface area contributed by atoms with E-state index < -0.39 is 0 Å². The van der Waals surface area contributed by atoms with Gasteiger partial charge in [-0.3, -0.25) is 9.59 Å². The number of anilines is 1. The van der Waals surface area contributed by atoms with E-state index in [-0.39, 0.29) is 18.4 Å². The van der Waals surface area contributed by atoms with Crippen LogP contribution < -0.4 is 16.0 Å². The van der Waals surface area contributed by atoms with Crippen molar-refractivity contribution in [3.05, 3.63) is 29.8 Å². The summed E-state index contributed by atoms with van der Waals surface area (Å²) in [7, 11) is 1.59. The fourth-order valence-electron chi connectivity index (χ4n) is 1.62.